The van der Waals surface area contributed by atoms with Gasteiger partial charge in [-0.05, 0) is 58.0 Å². The number of nitrogens with zero attached hydrogens (tertiary/aromatic N) is 3. The Balaban J connectivity index is 1.22. The molecule has 8 nitrogen and oxygen atoms in total. The average Bonchev–Trinajstić information content (AvgIpc) is 2.90. The van der Waals surface area contributed by atoms with Crippen LogP contribution in [0.3, 0.4) is 0 Å². The van der Waals surface area contributed by atoms with E-state index in [4.69, 9.17) is 21.1 Å². The van der Waals surface area contributed by atoms with Crippen LogP contribution in [0.1, 0.15) is 51.4 Å². The van der Waals surface area contributed by atoms with Crippen LogP contribution in [0.25, 0.3) is 0 Å². The van der Waals surface area contributed by atoms with E-state index in [1.165, 1.54) is 19.3 Å². The van der Waals surface area contributed by atoms with E-state index in [9.17, 15) is 9.59 Å². The highest BCUT2D eigenvalue weighted by Crippen LogP contribution is 2.46. The summed E-state index contributed by atoms with van der Waals surface area (Å²) >= 11 is 6.57. The maximum atomic E-state index is 13.9. The molecular formula is C27H41ClN4O4. The monoisotopic (exact) mass is 520 g/mol. The summed E-state index contributed by atoms with van der Waals surface area (Å²) in [6.07, 6.45) is 10.3. The van der Waals surface area contributed by atoms with Crippen molar-refractivity contribution in [3.05, 3.63) is 11.8 Å². The van der Waals surface area contributed by atoms with Crippen molar-refractivity contribution in [2.24, 2.45) is 5.92 Å². The second kappa shape index (κ2) is 10.9. The number of likely N-dealkylation sites (tertiary alicyclic amines) is 1. The Bertz CT molecular complexity index is 859. The van der Waals surface area contributed by atoms with Gasteiger partial charge in [-0.2, -0.15) is 0 Å². The summed E-state index contributed by atoms with van der Waals surface area (Å²) in [5.74, 6) is -0.396. The summed E-state index contributed by atoms with van der Waals surface area (Å²) < 4.78 is 12.2. The van der Waals surface area contributed by atoms with E-state index in [-0.39, 0.29) is 47.3 Å². The summed E-state index contributed by atoms with van der Waals surface area (Å²) in [5.41, 5.74) is 0.338. The van der Waals surface area contributed by atoms with Gasteiger partial charge < -0.3 is 24.6 Å². The third-order valence-corrected chi connectivity index (χ3v) is 9.84. The van der Waals surface area contributed by atoms with E-state index in [1.807, 2.05) is 6.20 Å². The standard InChI is InChI=1S/C27H41ClN4O4/c28-18-4-5-22-23(14-18)36-24-16-19(31-7-2-1-3-8-31)15-20-25(24)32(22)17-21(26(20)33)27(34)29-6-9-30-10-12-35-13-11-30/h17-20,22-25H,1-16H2,(H,29,34). The number of rotatable bonds is 5. The van der Waals surface area contributed by atoms with Crippen LogP contribution in [-0.2, 0) is 19.1 Å². The number of carbonyl (C=O) groups is 2. The number of morpholine rings is 2. The highest BCUT2D eigenvalue weighted by Gasteiger charge is 2.55. The lowest BCUT2D eigenvalue weighted by Crippen LogP contribution is -2.69. The average molecular weight is 521 g/mol. The molecule has 4 heterocycles. The smallest absolute Gasteiger partial charge is 0.256 e. The summed E-state index contributed by atoms with van der Waals surface area (Å²) in [5, 5.41) is 3.19. The molecule has 0 radical (unpaired) electrons. The quantitative estimate of drug-likeness (QED) is 0.437. The molecule has 2 saturated carbocycles. The third-order valence-electron chi connectivity index (χ3n) is 9.44. The second-order valence-electron chi connectivity index (χ2n) is 11.6. The number of piperidine rings is 1. The van der Waals surface area contributed by atoms with E-state index in [2.05, 4.69) is 20.0 Å². The number of nitrogens with one attached hydrogen (secondary N) is 1. The van der Waals surface area contributed by atoms with E-state index in [0.29, 0.717) is 18.2 Å². The van der Waals surface area contributed by atoms with Gasteiger partial charge in [0.05, 0.1) is 43.1 Å². The summed E-state index contributed by atoms with van der Waals surface area (Å²) in [6.45, 7) is 6.78. The number of hydrogen-bond donors (Lipinski definition) is 1. The van der Waals surface area contributed by atoms with Gasteiger partial charge in [0.15, 0.2) is 5.78 Å². The number of Topliss-reactive ketones (excluding diaryl/α,β-unsaturated/α-hetero) is 1. The third kappa shape index (κ3) is 4.96. The predicted octanol–water partition coefficient (Wildman–Crippen LogP) is 1.76. The van der Waals surface area contributed by atoms with Crippen molar-refractivity contribution in [1.82, 2.24) is 20.0 Å². The van der Waals surface area contributed by atoms with Crippen molar-refractivity contribution in [3.8, 4) is 0 Å². The molecule has 200 valence electrons. The summed E-state index contributed by atoms with van der Waals surface area (Å²) in [6, 6.07) is 0.578. The van der Waals surface area contributed by atoms with Gasteiger partial charge in [-0.25, -0.2) is 0 Å². The zero-order valence-corrected chi connectivity index (χ0v) is 22.0. The van der Waals surface area contributed by atoms with Gasteiger partial charge >= 0.3 is 0 Å². The van der Waals surface area contributed by atoms with Gasteiger partial charge in [0, 0.05) is 49.7 Å². The molecule has 0 bridgehead atoms. The number of ketones is 1. The molecule has 0 aromatic heterocycles. The van der Waals surface area contributed by atoms with Crippen molar-refractivity contribution in [3.63, 3.8) is 0 Å². The van der Waals surface area contributed by atoms with Crippen LogP contribution in [-0.4, -0.2) is 115 Å². The van der Waals surface area contributed by atoms with Gasteiger partial charge in [0.1, 0.15) is 0 Å². The number of ether oxygens (including phenoxy) is 2. The van der Waals surface area contributed by atoms with Gasteiger partial charge in [-0.15, -0.1) is 11.6 Å². The number of hydrogen-bond acceptors (Lipinski definition) is 7. The Morgan fingerprint density at radius 3 is 2.64 bits per heavy atom. The fraction of sp³-hybridized carbons (Fsp3) is 0.852. The van der Waals surface area contributed by atoms with Crippen molar-refractivity contribution in [1.29, 1.82) is 0 Å². The lowest BCUT2D eigenvalue weighted by atomic mass is 9.70. The molecule has 6 rings (SSSR count). The number of fused-ring (bicyclic) bond motifs is 2. The summed E-state index contributed by atoms with van der Waals surface area (Å²) in [4.78, 5) is 34.5. The topological polar surface area (TPSA) is 74.4 Å². The fourth-order valence-corrected chi connectivity index (χ4v) is 7.89. The van der Waals surface area contributed by atoms with E-state index < -0.39 is 0 Å². The van der Waals surface area contributed by atoms with Crippen LogP contribution >= 0.6 is 11.6 Å². The maximum Gasteiger partial charge on any atom is 0.256 e. The molecule has 1 N–H and O–H groups in total. The first-order valence-corrected chi connectivity index (χ1v) is 14.7. The van der Waals surface area contributed by atoms with Crippen molar-refractivity contribution >= 4 is 23.3 Å². The van der Waals surface area contributed by atoms with Crippen LogP contribution in [0.4, 0.5) is 0 Å². The first-order valence-electron chi connectivity index (χ1n) is 14.2. The Kier molecular flexibility index (Phi) is 7.60. The van der Waals surface area contributed by atoms with Crippen LogP contribution in [0.15, 0.2) is 11.8 Å². The van der Waals surface area contributed by atoms with Crippen molar-refractivity contribution in [2.75, 3.05) is 52.5 Å². The molecule has 0 aromatic rings. The number of amides is 1. The predicted molar refractivity (Wildman–Crippen MR) is 137 cm³/mol. The number of halogens is 1. The number of carbonyl (C=O) groups excluding carboxylic acids is 2. The molecule has 36 heavy (non-hydrogen) atoms. The Hall–Kier alpha value is -1.19. The summed E-state index contributed by atoms with van der Waals surface area (Å²) in [7, 11) is 0. The highest BCUT2D eigenvalue weighted by atomic mass is 35.5. The molecule has 7 atom stereocenters. The zero-order valence-electron chi connectivity index (χ0n) is 21.3. The molecule has 2 aliphatic carbocycles. The Morgan fingerprint density at radius 2 is 1.83 bits per heavy atom. The van der Waals surface area contributed by atoms with Crippen LogP contribution < -0.4 is 5.32 Å². The molecule has 5 fully saturated rings. The van der Waals surface area contributed by atoms with E-state index in [1.54, 1.807) is 0 Å². The second-order valence-corrected chi connectivity index (χ2v) is 12.2. The molecule has 7 unspecified atom stereocenters. The van der Waals surface area contributed by atoms with Crippen LogP contribution in [0, 0.1) is 5.92 Å². The van der Waals surface area contributed by atoms with Gasteiger partial charge in [-0.1, -0.05) is 6.42 Å². The molecular weight excluding hydrogens is 480 g/mol. The van der Waals surface area contributed by atoms with Gasteiger partial charge in [-0.3, -0.25) is 14.5 Å². The largest absolute Gasteiger partial charge is 0.379 e. The lowest BCUT2D eigenvalue weighted by Gasteiger charge is -2.59. The Morgan fingerprint density at radius 1 is 1.03 bits per heavy atom. The van der Waals surface area contributed by atoms with Crippen LogP contribution in [0.2, 0.25) is 0 Å². The molecule has 4 aliphatic heterocycles. The Labute approximate surface area is 219 Å². The number of alkyl halides is 1. The molecule has 1 amide bonds. The normalized spacial score (nSPS) is 39.7. The first kappa shape index (κ1) is 25.1. The lowest BCUT2D eigenvalue weighted by molar-refractivity contribution is -0.188. The van der Waals surface area contributed by atoms with Crippen molar-refractivity contribution < 1.29 is 19.1 Å². The SMILES string of the molecule is O=C(NCCN1CCOCC1)C1=CN2C3CCC(Cl)CC3OC3CC(N4CCCCC4)CC(C1=O)C32. The van der Waals surface area contributed by atoms with Gasteiger partial charge in [0.2, 0.25) is 0 Å². The van der Waals surface area contributed by atoms with E-state index in [0.717, 1.165) is 78.0 Å². The van der Waals surface area contributed by atoms with Crippen molar-refractivity contribution in [2.45, 2.75) is 87.1 Å². The molecule has 6 aliphatic rings. The molecule has 0 spiro atoms. The highest BCUT2D eigenvalue weighted by molar-refractivity contribution is 6.21. The minimum Gasteiger partial charge on any atom is -0.379 e. The molecule has 0 aromatic carbocycles. The fourth-order valence-electron chi connectivity index (χ4n) is 7.58. The zero-order chi connectivity index (χ0) is 24.6. The minimum atomic E-state index is -0.225. The minimum absolute atomic E-state index is 0.0138. The molecule has 9 heteroatoms. The van der Waals surface area contributed by atoms with Crippen LogP contribution in [0.5, 0.6) is 0 Å². The first-order chi connectivity index (χ1) is 17.6. The van der Waals surface area contributed by atoms with Gasteiger partial charge in [0.25, 0.3) is 5.91 Å². The maximum absolute atomic E-state index is 13.9. The molecule has 3 saturated heterocycles. The van der Waals surface area contributed by atoms with E-state index >= 15 is 0 Å².